The van der Waals surface area contributed by atoms with E-state index in [2.05, 4.69) is 21.6 Å². The Morgan fingerprint density at radius 3 is 3.05 bits per heavy atom. The number of hydrogen-bond donors (Lipinski definition) is 3. The van der Waals surface area contributed by atoms with Crippen LogP contribution in [0.25, 0.3) is 10.9 Å². The summed E-state index contributed by atoms with van der Waals surface area (Å²) < 4.78 is 0. The second-order valence-corrected chi connectivity index (χ2v) is 6.05. The highest BCUT2D eigenvalue weighted by Gasteiger charge is 2.23. The maximum absolute atomic E-state index is 10.5. The first kappa shape index (κ1) is 13.3. The second kappa shape index (κ2) is 5.36. The van der Waals surface area contributed by atoms with Crippen LogP contribution in [-0.4, -0.2) is 21.8 Å². The lowest BCUT2D eigenvalue weighted by atomic mass is 10.0. The van der Waals surface area contributed by atoms with Crippen LogP contribution in [0.1, 0.15) is 17.4 Å². The van der Waals surface area contributed by atoms with Crippen LogP contribution >= 0.6 is 11.3 Å². The van der Waals surface area contributed by atoms with Crippen LogP contribution in [0, 0.1) is 0 Å². The maximum atomic E-state index is 10.5. The number of rotatable bonds is 5. The van der Waals surface area contributed by atoms with Gasteiger partial charge in [-0.2, -0.15) is 5.10 Å². The summed E-state index contributed by atoms with van der Waals surface area (Å²) in [4.78, 5) is 0.977. The average Bonchev–Trinajstić information content (AvgIpc) is 3.10. The number of nitrogens with zero attached hydrogens (tertiary/aromatic N) is 1. The Hall–Kier alpha value is -1.69. The third-order valence-electron chi connectivity index (χ3n) is 3.40. The molecule has 2 aromatic heterocycles. The van der Waals surface area contributed by atoms with E-state index in [1.807, 2.05) is 42.8 Å². The van der Waals surface area contributed by atoms with Crippen molar-refractivity contribution in [1.82, 2.24) is 15.5 Å². The number of benzene rings is 1. The molecule has 3 rings (SSSR count). The summed E-state index contributed by atoms with van der Waals surface area (Å²) in [6, 6.07) is 10.0. The van der Waals surface area contributed by atoms with Crippen LogP contribution in [0.3, 0.4) is 0 Å². The van der Waals surface area contributed by atoms with Gasteiger partial charge in [-0.3, -0.25) is 5.10 Å². The molecule has 0 fully saturated rings. The molecule has 20 heavy (non-hydrogen) atoms. The lowest BCUT2D eigenvalue weighted by Gasteiger charge is -2.22. The third-order valence-corrected chi connectivity index (χ3v) is 4.52. The first-order valence-corrected chi connectivity index (χ1v) is 7.43. The molecule has 2 heterocycles. The molecule has 0 amide bonds. The molecular weight excluding hydrogens is 270 g/mol. The molecule has 1 atom stereocenters. The Kier molecular flexibility index (Phi) is 3.56. The van der Waals surface area contributed by atoms with Gasteiger partial charge in [0.2, 0.25) is 0 Å². The van der Waals surface area contributed by atoms with Crippen LogP contribution in [0.5, 0.6) is 0 Å². The number of aromatic nitrogens is 2. The van der Waals surface area contributed by atoms with Crippen molar-refractivity contribution < 1.29 is 5.11 Å². The third kappa shape index (κ3) is 2.60. The van der Waals surface area contributed by atoms with Crippen LogP contribution in [0.15, 0.2) is 41.9 Å². The van der Waals surface area contributed by atoms with Gasteiger partial charge < -0.3 is 10.4 Å². The standard InChI is InChI=1S/C15H17N3OS/c1-15(19,13-6-3-7-20-13)10-16-8-11-4-2-5-12-9-17-18-14(11)12/h2-7,9,16,19H,8,10H2,1H3,(H,17,18). The van der Waals surface area contributed by atoms with Crippen LogP contribution in [0.2, 0.25) is 0 Å². The molecule has 3 N–H and O–H groups in total. The van der Waals surface area contributed by atoms with Gasteiger partial charge in [-0.15, -0.1) is 11.3 Å². The fourth-order valence-electron chi connectivity index (χ4n) is 2.29. The van der Waals surface area contributed by atoms with Gasteiger partial charge in [0.25, 0.3) is 0 Å². The number of aromatic amines is 1. The minimum absolute atomic E-state index is 0.512. The molecule has 0 aliphatic heterocycles. The van der Waals surface area contributed by atoms with Crippen LogP contribution < -0.4 is 5.32 Å². The van der Waals surface area contributed by atoms with E-state index >= 15 is 0 Å². The molecule has 0 saturated carbocycles. The summed E-state index contributed by atoms with van der Waals surface area (Å²) in [6.45, 7) is 3.04. The number of para-hydroxylation sites is 1. The first-order valence-electron chi connectivity index (χ1n) is 6.55. The fourth-order valence-corrected chi connectivity index (χ4v) is 3.08. The van der Waals surface area contributed by atoms with Crippen molar-refractivity contribution in [2.24, 2.45) is 0 Å². The molecule has 0 aliphatic carbocycles. The molecule has 5 heteroatoms. The number of nitrogens with one attached hydrogen (secondary N) is 2. The molecule has 1 unspecified atom stereocenters. The smallest absolute Gasteiger partial charge is 0.108 e. The predicted octanol–water partition coefficient (Wildman–Crippen LogP) is 2.62. The fraction of sp³-hybridized carbons (Fsp3) is 0.267. The van der Waals surface area contributed by atoms with Gasteiger partial charge in [0.15, 0.2) is 0 Å². The Balaban J connectivity index is 1.67. The van der Waals surface area contributed by atoms with E-state index in [0.717, 1.165) is 21.3 Å². The zero-order valence-electron chi connectivity index (χ0n) is 11.3. The Morgan fingerprint density at radius 1 is 1.35 bits per heavy atom. The Labute approximate surface area is 121 Å². The zero-order valence-corrected chi connectivity index (χ0v) is 12.1. The van der Waals surface area contributed by atoms with Gasteiger partial charge in [-0.05, 0) is 23.9 Å². The molecular formula is C15H17N3OS. The summed E-state index contributed by atoms with van der Waals surface area (Å²) in [6.07, 6.45) is 1.82. The summed E-state index contributed by atoms with van der Waals surface area (Å²) in [5, 5.41) is 23.9. The minimum atomic E-state index is -0.837. The summed E-state index contributed by atoms with van der Waals surface area (Å²) >= 11 is 1.57. The number of hydrogen-bond acceptors (Lipinski definition) is 4. The molecule has 0 saturated heterocycles. The quantitative estimate of drug-likeness (QED) is 0.676. The molecule has 3 aromatic rings. The monoisotopic (exact) mass is 287 g/mol. The minimum Gasteiger partial charge on any atom is -0.383 e. The van der Waals surface area contributed by atoms with Crippen LogP contribution in [0.4, 0.5) is 0 Å². The van der Waals surface area contributed by atoms with Gasteiger partial charge in [0.1, 0.15) is 5.60 Å². The van der Waals surface area contributed by atoms with Crippen molar-refractivity contribution in [2.45, 2.75) is 19.1 Å². The SMILES string of the molecule is CC(O)(CNCc1cccc2cn[nH]c12)c1cccs1. The number of H-pyrrole nitrogens is 1. The van der Waals surface area contributed by atoms with Crippen molar-refractivity contribution in [3.8, 4) is 0 Å². The van der Waals surface area contributed by atoms with E-state index in [4.69, 9.17) is 0 Å². The Morgan fingerprint density at radius 2 is 2.25 bits per heavy atom. The number of fused-ring (bicyclic) bond motifs is 1. The molecule has 0 bridgehead atoms. The molecule has 4 nitrogen and oxygen atoms in total. The van der Waals surface area contributed by atoms with Crippen LogP contribution in [-0.2, 0) is 12.1 Å². The molecule has 104 valence electrons. The zero-order chi connectivity index (χ0) is 14.0. The first-order chi connectivity index (χ1) is 9.67. The van der Waals surface area contributed by atoms with Gasteiger partial charge >= 0.3 is 0 Å². The largest absolute Gasteiger partial charge is 0.383 e. The average molecular weight is 287 g/mol. The predicted molar refractivity (Wildman–Crippen MR) is 81.7 cm³/mol. The van der Waals surface area contributed by atoms with Crippen molar-refractivity contribution in [1.29, 1.82) is 0 Å². The number of aliphatic hydroxyl groups is 1. The normalized spacial score (nSPS) is 14.5. The second-order valence-electron chi connectivity index (χ2n) is 5.11. The highest BCUT2D eigenvalue weighted by molar-refractivity contribution is 7.10. The van der Waals surface area contributed by atoms with E-state index < -0.39 is 5.60 Å². The van der Waals surface area contributed by atoms with E-state index in [9.17, 15) is 5.11 Å². The molecule has 0 spiro atoms. The van der Waals surface area contributed by atoms with Gasteiger partial charge in [0, 0.05) is 23.4 Å². The van der Waals surface area contributed by atoms with Crippen molar-refractivity contribution in [2.75, 3.05) is 6.54 Å². The summed E-state index contributed by atoms with van der Waals surface area (Å²) in [7, 11) is 0. The molecule has 1 aromatic carbocycles. The highest BCUT2D eigenvalue weighted by Crippen LogP contribution is 2.24. The van der Waals surface area contributed by atoms with Crippen molar-refractivity contribution in [3.05, 3.63) is 52.3 Å². The summed E-state index contributed by atoms with van der Waals surface area (Å²) in [5.74, 6) is 0. The van der Waals surface area contributed by atoms with E-state index in [1.54, 1.807) is 11.3 Å². The van der Waals surface area contributed by atoms with E-state index in [-0.39, 0.29) is 0 Å². The highest BCUT2D eigenvalue weighted by atomic mass is 32.1. The lowest BCUT2D eigenvalue weighted by molar-refractivity contribution is 0.0605. The van der Waals surface area contributed by atoms with E-state index in [1.165, 1.54) is 0 Å². The summed E-state index contributed by atoms with van der Waals surface area (Å²) in [5.41, 5.74) is 1.37. The number of thiophene rings is 1. The van der Waals surface area contributed by atoms with E-state index in [0.29, 0.717) is 13.1 Å². The van der Waals surface area contributed by atoms with Gasteiger partial charge in [-0.25, -0.2) is 0 Å². The van der Waals surface area contributed by atoms with Gasteiger partial charge in [-0.1, -0.05) is 24.3 Å². The topological polar surface area (TPSA) is 60.9 Å². The Bertz CT molecular complexity index is 688. The van der Waals surface area contributed by atoms with Crippen molar-refractivity contribution in [3.63, 3.8) is 0 Å². The van der Waals surface area contributed by atoms with Gasteiger partial charge in [0.05, 0.1) is 11.7 Å². The lowest BCUT2D eigenvalue weighted by Crippen LogP contribution is -2.34. The molecule has 0 aliphatic rings. The maximum Gasteiger partial charge on any atom is 0.108 e. The van der Waals surface area contributed by atoms with Crippen molar-refractivity contribution >= 4 is 22.2 Å². The molecule has 0 radical (unpaired) electrons.